The Bertz CT molecular complexity index is 1130. The van der Waals surface area contributed by atoms with Crippen LogP contribution in [0.3, 0.4) is 0 Å². The molecule has 6 heteroatoms. The number of thiazole rings is 1. The van der Waals surface area contributed by atoms with Crippen LogP contribution in [0.5, 0.6) is 0 Å². The first-order valence-electron chi connectivity index (χ1n) is 11.1. The summed E-state index contributed by atoms with van der Waals surface area (Å²) >= 11 is 1.66. The molecule has 0 spiro atoms. The Labute approximate surface area is 186 Å². The van der Waals surface area contributed by atoms with Gasteiger partial charge < -0.3 is 0 Å². The Morgan fingerprint density at radius 1 is 1.13 bits per heavy atom. The largest absolute Gasteiger partial charge is 0.291 e. The third kappa shape index (κ3) is 4.02. The van der Waals surface area contributed by atoms with E-state index in [1.807, 2.05) is 30.3 Å². The molecule has 31 heavy (non-hydrogen) atoms. The van der Waals surface area contributed by atoms with Crippen molar-refractivity contribution < 1.29 is 9.59 Å². The van der Waals surface area contributed by atoms with Gasteiger partial charge in [-0.2, -0.15) is 0 Å². The SMILES string of the molecule is CCCN(CC1CC1)C1CC(=O)N(c2ccc(-c3nc4ccc(C)cc4s3)cc2)C1=O. The van der Waals surface area contributed by atoms with Gasteiger partial charge in [-0.05, 0) is 80.6 Å². The molecule has 5 rings (SSSR count). The van der Waals surface area contributed by atoms with Gasteiger partial charge in [-0.25, -0.2) is 9.88 Å². The summed E-state index contributed by atoms with van der Waals surface area (Å²) in [6.07, 6.45) is 3.75. The highest BCUT2D eigenvalue weighted by Crippen LogP contribution is 2.35. The summed E-state index contributed by atoms with van der Waals surface area (Å²) in [6, 6.07) is 13.6. The molecule has 0 N–H and O–H groups in total. The Morgan fingerprint density at radius 3 is 2.61 bits per heavy atom. The number of hydrogen-bond donors (Lipinski definition) is 0. The maximum Gasteiger partial charge on any atom is 0.251 e. The number of nitrogens with zero attached hydrogens (tertiary/aromatic N) is 3. The number of imide groups is 1. The Hall–Kier alpha value is -2.57. The van der Waals surface area contributed by atoms with E-state index in [1.165, 1.54) is 28.0 Å². The topological polar surface area (TPSA) is 53.5 Å². The van der Waals surface area contributed by atoms with Crippen LogP contribution < -0.4 is 4.90 Å². The molecule has 0 bridgehead atoms. The van der Waals surface area contributed by atoms with Gasteiger partial charge in [0.1, 0.15) is 5.01 Å². The summed E-state index contributed by atoms with van der Waals surface area (Å²) < 4.78 is 1.17. The molecule has 1 unspecified atom stereocenters. The first-order valence-corrected chi connectivity index (χ1v) is 11.9. The van der Waals surface area contributed by atoms with E-state index in [4.69, 9.17) is 4.98 Å². The maximum atomic E-state index is 13.2. The van der Waals surface area contributed by atoms with Gasteiger partial charge >= 0.3 is 0 Å². The molecule has 0 radical (unpaired) electrons. The standard InChI is InChI=1S/C25H27N3O2S/c1-3-12-27(15-17-5-6-17)21-14-23(29)28(25(21)30)19-9-7-18(8-10-19)24-26-20-11-4-16(2)13-22(20)31-24/h4,7-11,13,17,21H,3,5-6,12,14-15H2,1-2H3. The number of amides is 2. The minimum atomic E-state index is -0.319. The monoisotopic (exact) mass is 433 g/mol. The molecule has 1 atom stereocenters. The van der Waals surface area contributed by atoms with Crippen molar-refractivity contribution in [1.82, 2.24) is 9.88 Å². The van der Waals surface area contributed by atoms with Crippen LogP contribution in [0.25, 0.3) is 20.8 Å². The molecule has 2 aliphatic rings. The third-order valence-corrected chi connectivity index (χ3v) is 7.25. The van der Waals surface area contributed by atoms with E-state index in [0.29, 0.717) is 11.6 Å². The van der Waals surface area contributed by atoms with Gasteiger partial charge in [0.05, 0.1) is 28.4 Å². The van der Waals surface area contributed by atoms with Crippen molar-refractivity contribution in [3.8, 4) is 10.6 Å². The van der Waals surface area contributed by atoms with Gasteiger partial charge in [-0.1, -0.05) is 13.0 Å². The number of benzene rings is 2. The minimum Gasteiger partial charge on any atom is -0.291 e. The van der Waals surface area contributed by atoms with E-state index in [0.717, 1.165) is 35.6 Å². The van der Waals surface area contributed by atoms with E-state index in [9.17, 15) is 9.59 Å². The Balaban J connectivity index is 1.37. The number of hydrogen-bond acceptors (Lipinski definition) is 5. The molecular weight excluding hydrogens is 406 g/mol. The number of carbonyl (C=O) groups excluding carboxylic acids is 2. The van der Waals surface area contributed by atoms with Crippen LogP contribution in [-0.2, 0) is 9.59 Å². The molecule has 1 saturated heterocycles. The highest BCUT2D eigenvalue weighted by atomic mass is 32.1. The van der Waals surface area contributed by atoms with Gasteiger partial charge in [0.15, 0.2) is 0 Å². The normalized spacial score (nSPS) is 19.2. The second-order valence-corrected chi connectivity index (χ2v) is 9.79. The van der Waals surface area contributed by atoms with Crippen molar-refractivity contribution in [2.75, 3.05) is 18.0 Å². The predicted octanol–water partition coefficient (Wildman–Crippen LogP) is 5.03. The fourth-order valence-corrected chi connectivity index (χ4v) is 5.44. The third-order valence-electron chi connectivity index (χ3n) is 6.18. The lowest BCUT2D eigenvalue weighted by Gasteiger charge is -2.26. The maximum absolute atomic E-state index is 13.2. The van der Waals surface area contributed by atoms with E-state index >= 15 is 0 Å². The van der Waals surface area contributed by atoms with Crippen molar-refractivity contribution in [1.29, 1.82) is 0 Å². The molecule has 2 amide bonds. The number of rotatable bonds is 7. The van der Waals surface area contributed by atoms with Crippen LogP contribution >= 0.6 is 11.3 Å². The van der Waals surface area contributed by atoms with Crippen LogP contribution in [-0.4, -0.2) is 40.8 Å². The van der Waals surface area contributed by atoms with Crippen molar-refractivity contribution >= 4 is 39.1 Å². The van der Waals surface area contributed by atoms with Crippen LogP contribution in [0.15, 0.2) is 42.5 Å². The molecule has 2 fully saturated rings. The number of aromatic nitrogens is 1. The van der Waals surface area contributed by atoms with Crippen molar-refractivity contribution in [3.05, 3.63) is 48.0 Å². The number of carbonyl (C=O) groups is 2. The van der Waals surface area contributed by atoms with E-state index in [2.05, 4.69) is 30.9 Å². The highest BCUT2D eigenvalue weighted by Gasteiger charge is 2.43. The summed E-state index contributed by atoms with van der Waals surface area (Å²) in [5.74, 6) is 0.512. The molecule has 5 nitrogen and oxygen atoms in total. The predicted molar refractivity (Wildman–Crippen MR) is 125 cm³/mol. The molecule has 1 aliphatic heterocycles. The summed E-state index contributed by atoms with van der Waals surface area (Å²) in [4.78, 5) is 34.3. The van der Waals surface area contributed by atoms with E-state index in [1.54, 1.807) is 11.3 Å². The zero-order valence-corrected chi connectivity index (χ0v) is 18.8. The Morgan fingerprint density at radius 2 is 1.90 bits per heavy atom. The first-order chi connectivity index (χ1) is 15.0. The van der Waals surface area contributed by atoms with Gasteiger partial charge in [0.2, 0.25) is 5.91 Å². The summed E-state index contributed by atoms with van der Waals surface area (Å²) in [5.41, 5.74) is 3.87. The lowest BCUT2D eigenvalue weighted by molar-refractivity contribution is -0.123. The molecule has 160 valence electrons. The minimum absolute atomic E-state index is 0.0812. The van der Waals surface area contributed by atoms with Crippen LogP contribution in [0.4, 0.5) is 5.69 Å². The molecular formula is C25H27N3O2S. The first kappa shape index (κ1) is 20.3. The molecule has 2 heterocycles. The second-order valence-electron chi connectivity index (χ2n) is 8.76. The van der Waals surface area contributed by atoms with Crippen molar-refractivity contribution in [3.63, 3.8) is 0 Å². The zero-order valence-electron chi connectivity index (χ0n) is 18.0. The van der Waals surface area contributed by atoms with E-state index in [-0.39, 0.29) is 24.3 Å². The highest BCUT2D eigenvalue weighted by molar-refractivity contribution is 7.21. The van der Waals surface area contributed by atoms with E-state index < -0.39 is 0 Å². The van der Waals surface area contributed by atoms with Crippen LogP contribution in [0.1, 0.15) is 38.2 Å². The summed E-state index contributed by atoms with van der Waals surface area (Å²) in [7, 11) is 0. The quantitative estimate of drug-likeness (QED) is 0.491. The number of fused-ring (bicyclic) bond motifs is 1. The summed E-state index contributed by atoms with van der Waals surface area (Å²) in [5, 5.41) is 0.947. The fourth-order valence-electron chi connectivity index (χ4n) is 4.37. The molecule has 1 saturated carbocycles. The van der Waals surface area contributed by atoms with Gasteiger partial charge in [0, 0.05) is 12.1 Å². The molecule has 3 aromatic rings. The Kier molecular flexibility index (Phi) is 5.36. The van der Waals surface area contributed by atoms with Gasteiger partial charge in [-0.3, -0.25) is 14.5 Å². The molecule has 1 aliphatic carbocycles. The number of anilines is 1. The average molecular weight is 434 g/mol. The van der Waals surface area contributed by atoms with Crippen LogP contribution in [0, 0.1) is 12.8 Å². The lowest BCUT2D eigenvalue weighted by atomic mass is 10.1. The van der Waals surface area contributed by atoms with Gasteiger partial charge in [-0.15, -0.1) is 11.3 Å². The van der Waals surface area contributed by atoms with Crippen molar-refractivity contribution in [2.24, 2.45) is 5.92 Å². The van der Waals surface area contributed by atoms with Crippen molar-refractivity contribution in [2.45, 2.75) is 45.6 Å². The smallest absolute Gasteiger partial charge is 0.251 e. The lowest BCUT2D eigenvalue weighted by Crippen LogP contribution is -2.43. The fraction of sp³-hybridized carbons (Fsp3) is 0.400. The van der Waals surface area contributed by atoms with Gasteiger partial charge in [0.25, 0.3) is 5.91 Å². The summed E-state index contributed by atoms with van der Waals surface area (Å²) in [6.45, 7) is 6.00. The second kappa shape index (κ2) is 8.17. The molecule has 1 aromatic heterocycles. The van der Waals surface area contributed by atoms with Crippen LogP contribution in [0.2, 0.25) is 0 Å². The molecule has 2 aromatic carbocycles. The number of aryl methyl sites for hydroxylation is 1. The zero-order chi connectivity index (χ0) is 21.5. The average Bonchev–Trinajstić information content (AvgIpc) is 3.39.